The molecule has 8 heavy (non-hydrogen) atoms. The van der Waals surface area contributed by atoms with Crippen LogP contribution in [0.1, 0.15) is 0 Å². The number of rotatable bonds is 0. The second-order valence-corrected chi connectivity index (χ2v) is 0. The first-order valence-electron chi connectivity index (χ1n) is 0. The van der Waals surface area contributed by atoms with Gasteiger partial charge in [-0.1, -0.05) is 0 Å². The van der Waals surface area contributed by atoms with Crippen LogP contribution >= 0.6 is 0 Å². The molecular weight excluding hydrogens is 1010 g/mol. The van der Waals surface area contributed by atoms with Crippen LogP contribution < -0.4 is 0 Å². The summed E-state index contributed by atoms with van der Waals surface area (Å²) in [7, 11) is 0. The third-order valence-corrected chi connectivity index (χ3v) is 0. The minimum absolute atomic E-state index is 0. The van der Waals surface area contributed by atoms with Gasteiger partial charge in [0.15, 0.2) is 0 Å². The van der Waals surface area contributed by atoms with E-state index in [1.165, 1.54) is 0 Å². The molecule has 0 atom stereocenters. The molecule has 0 heterocycles. The van der Waals surface area contributed by atoms with E-state index in [9.17, 15) is 0 Å². The fourth-order valence-electron chi connectivity index (χ4n) is 0. The Bertz CT molecular complexity index is 7.64. The zero-order valence-electron chi connectivity index (χ0n) is 3.50. The Morgan fingerprint density at radius 2 is 0.250 bits per heavy atom. The SMILES string of the molecule is [Ce].[Ce].[Ce].[Ce].[Ce].[Rh].[Rh].[Rh]. The van der Waals surface area contributed by atoms with E-state index in [4.69, 9.17) is 0 Å². The van der Waals surface area contributed by atoms with Crippen LogP contribution in [0.3, 0.4) is 0 Å². The molecule has 0 aromatic carbocycles. The summed E-state index contributed by atoms with van der Waals surface area (Å²) in [5, 5.41) is 0. The Morgan fingerprint density at radius 1 is 0.250 bits per heavy atom. The molecule has 0 fully saturated rings. The molecule has 8 heteroatoms. The van der Waals surface area contributed by atoms with Gasteiger partial charge >= 0.3 is 0 Å². The average molecular weight is 1010 g/mol. The molecule has 0 aliphatic rings. The third-order valence-electron chi connectivity index (χ3n) is 0. The summed E-state index contributed by atoms with van der Waals surface area (Å²) in [6.07, 6.45) is 0. The Labute approximate surface area is 257 Å². The monoisotopic (exact) mass is 1010 g/mol. The Kier molecular flexibility index (Phi) is 304. The first-order chi connectivity index (χ1) is 0. The van der Waals surface area contributed by atoms with E-state index >= 15 is 0 Å². The summed E-state index contributed by atoms with van der Waals surface area (Å²) in [6.45, 7) is 0. The fraction of sp³-hybridized carbons (Fsp3) is 0. The van der Waals surface area contributed by atoms with Gasteiger partial charge in [0.1, 0.15) is 0 Å². The molecule has 0 nitrogen and oxygen atoms in total. The predicted molar refractivity (Wildman–Crippen MR) is 0 cm³/mol. The molecule has 0 spiro atoms. The molecule has 0 amide bonds. The molecule has 3 radical (unpaired) electrons. The summed E-state index contributed by atoms with van der Waals surface area (Å²) in [5.41, 5.74) is 0. The molecular formula is Ce5Rh3. The minimum Gasteiger partial charge on any atom is 0 e. The van der Waals surface area contributed by atoms with Crippen molar-refractivity contribution in [1.82, 2.24) is 0 Å². The van der Waals surface area contributed by atoms with Crippen LogP contribution in [-0.2, 0) is 58.4 Å². The smallest absolute Gasteiger partial charge is 0 e. The first-order valence-corrected chi connectivity index (χ1v) is 0. The van der Waals surface area contributed by atoms with Gasteiger partial charge in [-0.25, -0.2) is 0 Å². The average Bonchev–Trinajstić information content (AvgIpc) is 0. The van der Waals surface area contributed by atoms with Gasteiger partial charge in [-0.2, -0.15) is 0 Å². The van der Waals surface area contributed by atoms with Gasteiger partial charge in [0.2, 0.25) is 0 Å². The van der Waals surface area contributed by atoms with E-state index in [0.29, 0.717) is 0 Å². The van der Waals surface area contributed by atoms with Crippen LogP contribution in [0.25, 0.3) is 0 Å². The number of hydrogen-bond acceptors (Lipinski definition) is 0. The molecule has 0 aliphatic carbocycles. The zero-order valence-corrected chi connectivity index (χ0v) is 24.1. The van der Waals surface area contributed by atoms with E-state index < -0.39 is 0 Å². The van der Waals surface area contributed by atoms with Crippen molar-refractivity contribution < 1.29 is 267 Å². The van der Waals surface area contributed by atoms with Crippen molar-refractivity contribution in [1.29, 1.82) is 0 Å². The van der Waals surface area contributed by atoms with Crippen LogP contribution in [0.2, 0.25) is 0 Å². The fourth-order valence-corrected chi connectivity index (χ4v) is 0. The van der Waals surface area contributed by atoms with Gasteiger partial charge in [-0.05, 0) is 0 Å². The molecule has 0 aromatic rings. The van der Waals surface area contributed by atoms with E-state index in [0.717, 1.165) is 0 Å². The van der Waals surface area contributed by atoms with Crippen LogP contribution in [0, 0.1) is 209 Å². The molecule has 0 saturated carbocycles. The third kappa shape index (κ3) is 36.4. The van der Waals surface area contributed by atoms with Crippen LogP contribution in [0.5, 0.6) is 0 Å². The van der Waals surface area contributed by atoms with E-state index in [1.807, 2.05) is 0 Å². The summed E-state index contributed by atoms with van der Waals surface area (Å²) >= 11 is 0. The van der Waals surface area contributed by atoms with Crippen molar-refractivity contribution in [2.75, 3.05) is 0 Å². The van der Waals surface area contributed by atoms with Gasteiger partial charge in [-0.15, -0.1) is 0 Å². The predicted octanol–water partition coefficient (Wildman–Crippen LogP) is -0.00750. The molecule has 0 rings (SSSR count). The first kappa shape index (κ1) is 54.3. The van der Waals surface area contributed by atoms with Crippen molar-refractivity contribution in [2.24, 2.45) is 0 Å². The molecule has 0 unspecified atom stereocenters. The van der Waals surface area contributed by atoms with Crippen LogP contribution in [0.4, 0.5) is 0 Å². The second-order valence-electron chi connectivity index (χ2n) is 0. The number of hydrogen-bond donors (Lipinski definition) is 0. The second kappa shape index (κ2) is 44.8. The van der Waals surface area contributed by atoms with Crippen molar-refractivity contribution in [3.8, 4) is 0 Å². The Morgan fingerprint density at radius 3 is 0.250 bits per heavy atom. The van der Waals surface area contributed by atoms with Crippen molar-refractivity contribution >= 4 is 0 Å². The van der Waals surface area contributed by atoms with Gasteiger partial charge in [0.05, 0.1) is 0 Å². The standard InChI is InChI=1S/5Ce.3Rh. The van der Waals surface area contributed by atoms with Crippen LogP contribution in [0.15, 0.2) is 0 Å². The van der Waals surface area contributed by atoms with Crippen LogP contribution in [-0.4, -0.2) is 0 Å². The topological polar surface area (TPSA) is 0 Å². The molecule has 0 aromatic heterocycles. The van der Waals surface area contributed by atoms with E-state index in [1.54, 1.807) is 0 Å². The molecule has 0 bridgehead atoms. The van der Waals surface area contributed by atoms with Gasteiger partial charge in [0.25, 0.3) is 0 Å². The Hall–Kier alpha value is 8.75. The summed E-state index contributed by atoms with van der Waals surface area (Å²) in [5.74, 6) is 0. The largest absolute Gasteiger partial charge is 0 e. The molecule has 0 saturated heterocycles. The van der Waals surface area contributed by atoms with Gasteiger partial charge < -0.3 is 0 Å². The molecule has 0 aliphatic heterocycles. The maximum Gasteiger partial charge on any atom is 0 e. The molecule has 0 N–H and O–H groups in total. The molecule has 47 valence electrons. The summed E-state index contributed by atoms with van der Waals surface area (Å²) < 4.78 is 0. The van der Waals surface area contributed by atoms with E-state index in [-0.39, 0.29) is 267 Å². The Balaban J connectivity index is 0. The summed E-state index contributed by atoms with van der Waals surface area (Å²) in [6, 6.07) is 0. The quantitative estimate of drug-likeness (QED) is 0.301. The maximum absolute atomic E-state index is 0. The summed E-state index contributed by atoms with van der Waals surface area (Å²) in [4.78, 5) is 0. The van der Waals surface area contributed by atoms with Gasteiger partial charge in [0, 0.05) is 267 Å². The minimum atomic E-state index is 0. The van der Waals surface area contributed by atoms with Crippen molar-refractivity contribution in [2.45, 2.75) is 0 Å². The van der Waals surface area contributed by atoms with Crippen molar-refractivity contribution in [3.63, 3.8) is 0 Å². The zero-order chi connectivity index (χ0) is 0. The van der Waals surface area contributed by atoms with Crippen molar-refractivity contribution in [3.05, 3.63) is 0 Å². The maximum atomic E-state index is 0. The normalized spacial score (nSPS) is 0. The van der Waals surface area contributed by atoms with E-state index in [2.05, 4.69) is 0 Å². The van der Waals surface area contributed by atoms with Gasteiger partial charge in [-0.3, -0.25) is 0 Å².